The SMILES string of the molecule is CC(C(=O)O)c1nc2cccc[c-]2c1[C-](O)c1c[s+][c-](-c2cccnc2)n1. The summed E-state index contributed by atoms with van der Waals surface area (Å²) in [5.41, 5.74) is 2.63. The zero-order valence-electron chi connectivity index (χ0n) is 14.3. The van der Waals surface area contributed by atoms with Crippen LogP contribution < -0.4 is 0 Å². The van der Waals surface area contributed by atoms with Crippen LogP contribution in [-0.2, 0) is 4.79 Å². The molecule has 0 radical (unpaired) electrons. The van der Waals surface area contributed by atoms with Crippen LogP contribution >= 0.6 is 11.3 Å². The molecular formula is C20H15N3O3S-2. The summed E-state index contributed by atoms with van der Waals surface area (Å²) >= 11 is 1.39. The summed E-state index contributed by atoms with van der Waals surface area (Å²) in [6.45, 7) is 1.56. The minimum absolute atomic E-state index is 0.0711. The van der Waals surface area contributed by atoms with Gasteiger partial charge in [-0.3, -0.25) is 9.78 Å². The Balaban J connectivity index is 1.81. The molecule has 4 rings (SSSR count). The van der Waals surface area contributed by atoms with Crippen molar-refractivity contribution in [2.45, 2.75) is 12.8 Å². The monoisotopic (exact) mass is 377 g/mol. The Morgan fingerprint density at radius 2 is 2.15 bits per heavy atom. The third kappa shape index (κ3) is 3.07. The number of thiazole rings is 1. The van der Waals surface area contributed by atoms with Crippen molar-refractivity contribution in [1.29, 1.82) is 0 Å². The maximum absolute atomic E-state index is 11.5. The van der Waals surface area contributed by atoms with Crippen molar-refractivity contribution >= 4 is 28.2 Å². The molecule has 0 aliphatic rings. The van der Waals surface area contributed by atoms with Crippen molar-refractivity contribution in [3.63, 3.8) is 0 Å². The highest BCUT2D eigenvalue weighted by Crippen LogP contribution is 2.36. The number of aromatic nitrogens is 3. The van der Waals surface area contributed by atoms with Crippen molar-refractivity contribution in [2.24, 2.45) is 0 Å². The molecule has 27 heavy (non-hydrogen) atoms. The van der Waals surface area contributed by atoms with Gasteiger partial charge >= 0.3 is 0 Å². The summed E-state index contributed by atoms with van der Waals surface area (Å²) in [5, 5.41) is 23.6. The number of carbonyl (C=O) groups is 1. The van der Waals surface area contributed by atoms with Crippen molar-refractivity contribution in [2.75, 3.05) is 0 Å². The molecule has 0 aliphatic carbocycles. The highest BCUT2D eigenvalue weighted by atomic mass is 32.1. The molecule has 0 aliphatic heterocycles. The van der Waals surface area contributed by atoms with E-state index in [1.54, 1.807) is 30.8 Å². The van der Waals surface area contributed by atoms with Crippen LogP contribution in [0.4, 0.5) is 0 Å². The second kappa shape index (κ2) is 6.86. The number of aliphatic hydroxyl groups excluding tert-OH is 1. The molecular weight excluding hydrogens is 362 g/mol. The number of aliphatic hydroxyl groups is 1. The predicted octanol–water partition coefficient (Wildman–Crippen LogP) is 3.96. The standard InChI is InChI=1S/C20H15N3O3S/c1-11(20(25)26)17-16(13-6-2-3-7-14(13)22-17)18(24)15-10-27-19(23-15)12-5-4-8-21-9-12/h2-11,24H,1H3,(H,25,26)/q-2. The molecule has 1 atom stereocenters. The lowest BCUT2D eigenvalue weighted by Gasteiger charge is -2.25. The van der Waals surface area contributed by atoms with Gasteiger partial charge < -0.3 is 20.2 Å². The number of fused-ring (bicyclic) bond motifs is 1. The first kappa shape index (κ1) is 17.3. The van der Waals surface area contributed by atoms with Gasteiger partial charge in [0.2, 0.25) is 5.01 Å². The van der Waals surface area contributed by atoms with E-state index < -0.39 is 11.9 Å². The van der Waals surface area contributed by atoms with E-state index in [0.717, 1.165) is 10.6 Å². The molecule has 0 amide bonds. The van der Waals surface area contributed by atoms with Crippen LogP contribution in [0.2, 0.25) is 0 Å². The van der Waals surface area contributed by atoms with Gasteiger partial charge in [0.15, 0.2) is 11.3 Å². The van der Waals surface area contributed by atoms with Gasteiger partial charge in [0.05, 0.1) is 0 Å². The van der Waals surface area contributed by atoms with Crippen molar-refractivity contribution < 1.29 is 15.0 Å². The Labute approximate surface area is 159 Å². The Morgan fingerprint density at radius 1 is 1.30 bits per heavy atom. The van der Waals surface area contributed by atoms with Gasteiger partial charge in [0.25, 0.3) is 5.97 Å². The zero-order valence-corrected chi connectivity index (χ0v) is 15.1. The van der Waals surface area contributed by atoms with E-state index in [0.29, 0.717) is 27.9 Å². The molecule has 2 N–H and O–H groups in total. The first-order valence-corrected chi connectivity index (χ1v) is 9.15. The largest absolute Gasteiger partial charge is 0.482 e. The van der Waals surface area contributed by atoms with Crippen LogP contribution in [0.3, 0.4) is 0 Å². The second-order valence-electron chi connectivity index (χ2n) is 6.08. The zero-order chi connectivity index (χ0) is 19.0. The van der Waals surface area contributed by atoms with E-state index in [9.17, 15) is 15.0 Å². The molecule has 0 bridgehead atoms. The highest BCUT2D eigenvalue weighted by Gasteiger charge is 2.19. The second-order valence-corrected chi connectivity index (χ2v) is 6.94. The molecule has 0 spiro atoms. The summed E-state index contributed by atoms with van der Waals surface area (Å²) in [6.07, 6.45) is 3.32. The third-order valence-electron chi connectivity index (χ3n) is 4.34. The Morgan fingerprint density at radius 3 is 2.89 bits per heavy atom. The van der Waals surface area contributed by atoms with E-state index in [-0.39, 0.29) is 6.10 Å². The average molecular weight is 377 g/mol. The van der Waals surface area contributed by atoms with E-state index in [1.807, 2.05) is 30.3 Å². The summed E-state index contributed by atoms with van der Waals surface area (Å²) in [5.74, 6) is -1.85. The lowest BCUT2D eigenvalue weighted by atomic mass is 9.96. The third-order valence-corrected chi connectivity index (χ3v) is 5.23. The summed E-state index contributed by atoms with van der Waals surface area (Å²) in [4.78, 5) is 24.6. The molecule has 4 aromatic rings. The van der Waals surface area contributed by atoms with Gasteiger partial charge in [-0.15, -0.1) is 6.07 Å². The van der Waals surface area contributed by atoms with Gasteiger partial charge in [-0.25, -0.2) is 0 Å². The van der Waals surface area contributed by atoms with E-state index in [1.165, 1.54) is 11.3 Å². The van der Waals surface area contributed by atoms with Crippen LogP contribution in [0, 0.1) is 6.10 Å². The Kier molecular flexibility index (Phi) is 4.39. The molecule has 0 saturated carbocycles. The lowest BCUT2D eigenvalue weighted by Crippen LogP contribution is -2.12. The molecule has 7 heteroatoms. The van der Waals surface area contributed by atoms with Crippen molar-refractivity contribution in [1.82, 2.24) is 15.0 Å². The number of para-hydroxylation sites is 1. The fourth-order valence-corrected chi connectivity index (χ4v) is 3.71. The normalized spacial score (nSPS) is 12.2. The van der Waals surface area contributed by atoms with Gasteiger partial charge in [0, 0.05) is 12.1 Å². The van der Waals surface area contributed by atoms with Crippen LogP contribution in [-0.4, -0.2) is 31.1 Å². The van der Waals surface area contributed by atoms with Gasteiger partial charge in [0.1, 0.15) is 5.38 Å². The van der Waals surface area contributed by atoms with E-state index in [2.05, 4.69) is 15.0 Å². The number of aliphatic carboxylic acids is 1. The maximum Gasteiger partial charge on any atom is 0.298 e. The van der Waals surface area contributed by atoms with E-state index >= 15 is 0 Å². The average Bonchev–Trinajstić information content (AvgIpc) is 3.32. The van der Waals surface area contributed by atoms with Crippen LogP contribution in [0.25, 0.3) is 21.5 Å². The first-order chi connectivity index (χ1) is 13.1. The molecule has 3 heterocycles. The highest BCUT2D eigenvalue weighted by molar-refractivity contribution is 7.13. The molecule has 0 fully saturated rings. The summed E-state index contributed by atoms with van der Waals surface area (Å²) < 4.78 is 0. The molecule has 1 aromatic carbocycles. The summed E-state index contributed by atoms with van der Waals surface area (Å²) in [7, 11) is 0. The van der Waals surface area contributed by atoms with E-state index in [4.69, 9.17) is 0 Å². The topological polar surface area (TPSA) is 96.2 Å². The van der Waals surface area contributed by atoms with Crippen molar-refractivity contribution in [3.8, 4) is 10.6 Å². The van der Waals surface area contributed by atoms with Crippen LogP contribution in [0.5, 0.6) is 0 Å². The first-order valence-electron chi connectivity index (χ1n) is 8.27. The van der Waals surface area contributed by atoms with Gasteiger partial charge in [-0.1, -0.05) is 30.3 Å². The van der Waals surface area contributed by atoms with Gasteiger partial charge in [-0.05, 0) is 17.5 Å². The molecule has 6 nitrogen and oxygen atoms in total. The minimum atomic E-state index is -0.999. The quantitative estimate of drug-likeness (QED) is 0.404. The number of hydrogen-bond donors (Lipinski definition) is 2. The molecule has 1 unspecified atom stereocenters. The Hall–Kier alpha value is -3.16. The number of nitrogens with zero attached hydrogens (tertiary/aromatic N) is 3. The van der Waals surface area contributed by atoms with Crippen LogP contribution in [0.15, 0.2) is 54.2 Å². The van der Waals surface area contributed by atoms with Crippen molar-refractivity contribution in [3.05, 3.63) is 77.2 Å². The molecule has 0 saturated heterocycles. The van der Waals surface area contributed by atoms with Gasteiger partial charge in [-0.2, -0.15) is 35.2 Å². The molecule has 136 valence electrons. The number of carboxylic acids is 1. The van der Waals surface area contributed by atoms with Crippen LogP contribution in [0.1, 0.15) is 29.8 Å². The predicted molar refractivity (Wildman–Crippen MR) is 102 cm³/mol. The molecule has 3 aromatic heterocycles. The number of rotatable bonds is 5. The number of hydrogen-bond acceptors (Lipinski definition) is 5. The number of pyridine rings is 1. The number of benzene rings is 1. The maximum atomic E-state index is 11.5. The summed E-state index contributed by atoms with van der Waals surface area (Å²) in [6, 6.07) is 11.0. The fourth-order valence-electron chi connectivity index (χ4n) is 2.92. The smallest absolute Gasteiger partial charge is 0.298 e. The fraction of sp³-hybridized carbons (Fsp3) is 0.100. The lowest BCUT2D eigenvalue weighted by molar-refractivity contribution is -0.138. The minimum Gasteiger partial charge on any atom is -0.482 e. The Bertz CT molecular complexity index is 1100. The number of carboxylic acid groups (broad SMARTS) is 1.